The molecule has 0 aliphatic rings. The van der Waals surface area contributed by atoms with Gasteiger partial charge in [-0.3, -0.25) is 4.72 Å². The Morgan fingerprint density at radius 2 is 1.69 bits per heavy atom. The molecular weight excluding hydrogens is 388 g/mol. The lowest BCUT2D eigenvalue weighted by Gasteiger charge is -2.10. The maximum absolute atomic E-state index is 12.5. The molecule has 0 spiro atoms. The van der Waals surface area contributed by atoms with Crippen molar-refractivity contribution in [2.45, 2.75) is 11.8 Å². The summed E-state index contributed by atoms with van der Waals surface area (Å²) >= 11 is 0. The molecule has 0 unspecified atom stereocenters. The van der Waals surface area contributed by atoms with E-state index in [2.05, 4.69) is 25.3 Å². The van der Waals surface area contributed by atoms with Crippen molar-refractivity contribution in [1.82, 2.24) is 20.0 Å². The topological polar surface area (TPSA) is 102 Å². The minimum Gasteiger partial charge on any atom is -0.339 e. The predicted molar refractivity (Wildman–Crippen MR) is 111 cm³/mol. The van der Waals surface area contributed by atoms with E-state index >= 15 is 0 Å². The van der Waals surface area contributed by atoms with Gasteiger partial charge in [-0.1, -0.05) is 12.1 Å². The molecule has 2 N–H and O–H groups in total. The summed E-state index contributed by atoms with van der Waals surface area (Å²) in [6, 6.07) is 19.0. The Balaban J connectivity index is 1.44. The highest BCUT2D eigenvalue weighted by Gasteiger charge is 2.14. The van der Waals surface area contributed by atoms with Crippen LogP contribution < -0.4 is 10.0 Å². The molecule has 0 saturated heterocycles. The first-order valence-electron chi connectivity index (χ1n) is 8.80. The number of hydrogen-bond acceptors (Lipinski definition) is 6. The normalized spacial score (nSPS) is 11.2. The van der Waals surface area contributed by atoms with Crippen LogP contribution in [0.15, 0.2) is 84.0 Å². The number of aryl methyl sites for hydroxylation is 1. The summed E-state index contributed by atoms with van der Waals surface area (Å²) < 4.78 is 29.2. The van der Waals surface area contributed by atoms with Gasteiger partial charge in [0.25, 0.3) is 10.0 Å². The minimum absolute atomic E-state index is 0.229. The molecule has 0 radical (unpaired) electrons. The second kappa shape index (κ2) is 7.72. The number of rotatable bonds is 6. The third-order valence-electron chi connectivity index (χ3n) is 4.10. The summed E-state index contributed by atoms with van der Waals surface area (Å²) in [4.78, 5) is 0.229. The first-order chi connectivity index (χ1) is 14.0. The molecule has 2 heterocycles. The molecule has 4 aromatic rings. The van der Waals surface area contributed by atoms with Crippen molar-refractivity contribution in [2.75, 3.05) is 10.0 Å². The average Bonchev–Trinajstić information content (AvgIpc) is 3.25. The van der Waals surface area contributed by atoms with Gasteiger partial charge in [-0.25, -0.2) is 13.1 Å². The average molecular weight is 406 g/mol. The van der Waals surface area contributed by atoms with Crippen LogP contribution in [0.5, 0.6) is 0 Å². The first-order valence-corrected chi connectivity index (χ1v) is 10.3. The molecule has 0 aliphatic heterocycles. The molecular formula is C20H18N6O2S. The van der Waals surface area contributed by atoms with Gasteiger partial charge in [0.1, 0.15) is 0 Å². The Kier molecular flexibility index (Phi) is 4.96. The standard InChI is InChI=1S/C20H18N6O2S/c1-15-4-2-5-18(14-15)29(27,28)25-17-8-6-16(7-9-17)22-19-10-11-20(24-23-19)26-13-3-12-21-26/h2-14,25H,1H3,(H,22,23). The number of sulfonamides is 1. The largest absolute Gasteiger partial charge is 0.339 e. The van der Waals surface area contributed by atoms with E-state index in [4.69, 9.17) is 0 Å². The molecule has 2 aromatic carbocycles. The van der Waals surface area contributed by atoms with Crippen molar-refractivity contribution in [3.63, 3.8) is 0 Å². The number of nitrogens with zero attached hydrogens (tertiary/aromatic N) is 4. The molecule has 0 fully saturated rings. The molecule has 9 heteroatoms. The van der Waals surface area contributed by atoms with Crippen LogP contribution in [0.1, 0.15) is 5.56 Å². The van der Waals surface area contributed by atoms with Crippen LogP contribution in [0.25, 0.3) is 5.82 Å². The molecule has 0 bridgehead atoms. The summed E-state index contributed by atoms with van der Waals surface area (Å²) in [5.74, 6) is 1.18. The van der Waals surface area contributed by atoms with Gasteiger partial charge in [-0.2, -0.15) is 5.10 Å². The highest BCUT2D eigenvalue weighted by atomic mass is 32.2. The summed E-state index contributed by atoms with van der Waals surface area (Å²) in [5.41, 5.74) is 2.11. The van der Waals surface area contributed by atoms with E-state index in [0.717, 1.165) is 11.3 Å². The second-order valence-electron chi connectivity index (χ2n) is 6.35. The number of benzene rings is 2. The third-order valence-corrected chi connectivity index (χ3v) is 5.48. The van der Waals surface area contributed by atoms with Gasteiger partial charge < -0.3 is 5.32 Å². The van der Waals surface area contributed by atoms with Gasteiger partial charge in [0.15, 0.2) is 11.6 Å². The van der Waals surface area contributed by atoms with E-state index in [1.54, 1.807) is 71.7 Å². The molecule has 8 nitrogen and oxygen atoms in total. The Morgan fingerprint density at radius 1 is 0.897 bits per heavy atom. The Hall–Kier alpha value is -3.72. The van der Waals surface area contributed by atoms with Crippen molar-refractivity contribution in [3.05, 3.63) is 84.7 Å². The van der Waals surface area contributed by atoms with Gasteiger partial charge >= 0.3 is 0 Å². The molecule has 146 valence electrons. The number of hydrogen-bond donors (Lipinski definition) is 2. The van der Waals surface area contributed by atoms with Gasteiger partial charge in [0.05, 0.1) is 4.90 Å². The van der Waals surface area contributed by atoms with Crippen LogP contribution >= 0.6 is 0 Å². The monoisotopic (exact) mass is 406 g/mol. The second-order valence-corrected chi connectivity index (χ2v) is 8.03. The fourth-order valence-electron chi connectivity index (χ4n) is 2.68. The van der Waals surface area contributed by atoms with Gasteiger partial charge in [-0.15, -0.1) is 10.2 Å². The Bertz CT molecular complexity index is 1200. The van der Waals surface area contributed by atoms with Crippen LogP contribution in [0.4, 0.5) is 17.2 Å². The van der Waals surface area contributed by atoms with Crippen LogP contribution in [-0.4, -0.2) is 28.4 Å². The molecule has 29 heavy (non-hydrogen) atoms. The van der Waals surface area contributed by atoms with Gasteiger partial charge in [0, 0.05) is 23.8 Å². The lowest BCUT2D eigenvalue weighted by Crippen LogP contribution is -2.13. The lowest BCUT2D eigenvalue weighted by atomic mass is 10.2. The van der Waals surface area contributed by atoms with Crippen molar-refractivity contribution in [3.8, 4) is 5.82 Å². The van der Waals surface area contributed by atoms with Crippen molar-refractivity contribution < 1.29 is 8.42 Å². The van der Waals surface area contributed by atoms with Gasteiger partial charge in [-0.05, 0) is 67.1 Å². The van der Waals surface area contributed by atoms with Crippen LogP contribution in [0.2, 0.25) is 0 Å². The number of anilines is 3. The molecule has 4 rings (SSSR count). The molecule has 2 aromatic heterocycles. The predicted octanol–water partition coefficient (Wildman–Crippen LogP) is 3.52. The van der Waals surface area contributed by atoms with E-state index in [1.807, 2.05) is 19.1 Å². The van der Waals surface area contributed by atoms with E-state index < -0.39 is 10.0 Å². The van der Waals surface area contributed by atoms with Crippen molar-refractivity contribution >= 4 is 27.2 Å². The fraction of sp³-hybridized carbons (Fsp3) is 0.0500. The summed E-state index contributed by atoms with van der Waals surface area (Å²) in [7, 11) is -3.63. The van der Waals surface area contributed by atoms with E-state index in [9.17, 15) is 8.42 Å². The molecule has 0 amide bonds. The zero-order valence-corrected chi connectivity index (χ0v) is 16.3. The smallest absolute Gasteiger partial charge is 0.261 e. The summed E-state index contributed by atoms with van der Waals surface area (Å²) in [5, 5.41) is 15.5. The highest BCUT2D eigenvalue weighted by molar-refractivity contribution is 7.92. The summed E-state index contributed by atoms with van der Waals surface area (Å²) in [6.45, 7) is 1.85. The Labute approximate surface area is 168 Å². The SMILES string of the molecule is Cc1cccc(S(=O)(=O)Nc2ccc(Nc3ccc(-n4cccn4)nn3)cc2)c1. The number of nitrogens with one attached hydrogen (secondary N) is 2. The maximum atomic E-state index is 12.5. The van der Waals surface area contributed by atoms with Crippen LogP contribution in [0.3, 0.4) is 0 Å². The third kappa shape index (κ3) is 4.41. The maximum Gasteiger partial charge on any atom is 0.261 e. The minimum atomic E-state index is -3.63. The zero-order chi connectivity index (χ0) is 20.3. The van der Waals surface area contributed by atoms with Crippen LogP contribution in [-0.2, 0) is 10.0 Å². The fourth-order valence-corrected chi connectivity index (χ4v) is 3.85. The molecule has 0 atom stereocenters. The van der Waals surface area contributed by atoms with E-state index in [-0.39, 0.29) is 4.90 Å². The van der Waals surface area contributed by atoms with Crippen LogP contribution in [0, 0.1) is 6.92 Å². The lowest BCUT2D eigenvalue weighted by molar-refractivity contribution is 0.601. The Morgan fingerprint density at radius 3 is 2.34 bits per heavy atom. The first kappa shape index (κ1) is 18.6. The van der Waals surface area contributed by atoms with E-state index in [1.165, 1.54) is 0 Å². The van der Waals surface area contributed by atoms with E-state index in [0.29, 0.717) is 17.3 Å². The molecule has 0 aliphatic carbocycles. The zero-order valence-electron chi connectivity index (χ0n) is 15.5. The summed E-state index contributed by atoms with van der Waals surface area (Å²) in [6.07, 6.45) is 3.45. The molecule has 0 saturated carbocycles. The van der Waals surface area contributed by atoms with Gasteiger partial charge in [0.2, 0.25) is 0 Å². The highest BCUT2D eigenvalue weighted by Crippen LogP contribution is 2.21. The van der Waals surface area contributed by atoms with Crippen molar-refractivity contribution in [2.24, 2.45) is 0 Å². The number of aromatic nitrogens is 4. The van der Waals surface area contributed by atoms with Crippen molar-refractivity contribution in [1.29, 1.82) is 0 Å². The quantitative estimate of drug-likeness (QED) is 0.508.